The topological polar surface area (TPSA) is 96.9 Å². The average molecular weight is 545 g/mol. The Labute approximate surface area is 215 Å². The Hall–Kier alpha value is -3.05. The number of ether oxygens (including phenoxy) is 2. The van der Waals surface area contributed by atoms with E-state index in [2.05, 4.69) is 15.4 Å². The smallest absolute Gasteiger partial charge is 0.484 e. The number of rotatable bonds is 8. The quantitative estimate of drug-likeness (QED) is 0.436. The molecule has 5 rings (SSSR count). The van der Waals surface area contributed by atoms with Crippen LogP contribution in [0.1, 0.15) is 37.7 Å². The zero-order chi connectivity index (χ0) is 26.8. The number of aliphatic hydroxyl groups excluding tert-OH is 1. The highest BCUT2D eigenvalue weighted by atomic mass is 35.5. The highest BCUT2D eigenvalue weighted by Gasteiger charge is 2.55. The van der Waals surface area contributed by atoms with Crippen LogP contribution in [0.4, 0.5) is 17.6 Å². The molecule has 3 saturated carbocycles. The van der Waals surface area contributed by atoms with E-state index in [0.717, 1.165) is 18.2 Å². The molecule has 37 heavy (non-hydrogen) atoms. The van der Waals surface area contributed by atoms with Crippen molar-refractivity contribution in [3.05, 3.63) is 58.9 Å². The number of hydrogen-bond acceptors (Lipinski definition) is 5. The molecule has 2 bridgehead atoms. The summed E-state index contributed by atoms with van der Waals surface area (Å²) in [4.78, 5) is 25.2. The van der Waals surface area contributed by atoms with Crippen LogP contribution in [0.2, 0.25) is 5.02 Å². The summed E-state index contributed by atoms with van der Waals surface area (Å²) in [5, 5.41) is 16.7. The molecule has 12 heteroatoms. The summed E-state index contributed by atoms with van der Waals surface area (Å²) in [6.07, 6.45) is -3.64. The van der Waals surface area contributed by atoms with Crippen LogP contribution < -0.4 is 20.1 Å². The fourth-order valence-electron chi connectivity index (χ4n) is 5.03. The predicted octanol–water partition coefficient (Wildman–Crippen LogP) is 4.05. The van der Waals surface area contributed by atoms with Gasteiger partial charge in [-0.25, -0.2) is 4.39 Å². The Kier molecular flexibility index (Phi) is 7.57. The van der Waals surface area contributed by atoms with Gasteiger partial charge in [0.05, 0.1) is 23.1 Å². The van der Waals surface area contributed by atoms with Crippen molar-refractivity contribution in [3.63, 3.8) is 0 Å². The standard InChI is InChI=1S/C25H25ClF4N2O5/c26-18-6-5-17(12-19(18)27)36-14-22(35)31-23-7-9-24(10-8-23,20(33)13-23)32-21(34)11-15-1-3-16(4-2-15)37-25(28,29)30/h1-6,12,20,33H,7-11,13-14H2,(H,31,35)(H,32,34)/t20-,23?,24?/m0/s1. The number of carbonyl (C=O) groups excluding carboxylic acids is 2. The first-order valence-corrected chi connectivity index (χ1v) is 12.0. The molecule has 0 radical (unpaired) electrons. The normalized spacial score (nSPS) is 24.9. The van der Waals surface area contributed by atoms with Crippen LogP contribution in [-0.2, 0) is 16.0 Å². The minimum absolute atomic E-state index is 0.0573. The van der Waals surface area contributed by atoms with Crippen LogP contribution in [0.5, 0.6) is 11.5 Å². The van der Waals surface area contributed by atoms with Gasteiger partial charge in [-0.1, -0.05) is 23.7 Å². The highest BCUT2D eigenvalue weighted by molar-refractivity contribution is 6.30. The molecule has 1 atom stereocenters. The van der Waals surface area contributed by atoms with Crippen LogP contribution in [0.15, 0.2) is 42.5 Å². The minimum atomic E-state index is -4.80. The lowest BCUT2D eigenvalue weighted by molar-refractivity contribution is -0.274. The molecule has 200 valence electrons. The first-order chi connectivity index (χ1) is 17.4. The van der Waals surface area contributed by atoms with Gasteiger partial charge in [-0.05, 0) is 61.9 Å². The third-order valence-electron chi connectivity index (χ3n) is 6.90. The van der Waals surface area contributed by atoms with Crippen LogP contribution in [0.25, 0.3) is 0 Å². The minimum Gasteiger partial charge on any atom is -0.484 e. The molecular weight excluding hydrogens is 520 g/mol. The van der Waals surface area contributed by atoms with Crippen LogP contribution in [0, 0.1) is 5.82 Å². The van der Waals surface area contributed by atoms with Crippen LogP contribution >= 0.6 is 11.6 Å². The van der Waals surface area contributed by atoms with Gasteiger partial charge in [0, 0.05) is 11.6 Å². The van der Waals surface area contributed by atoms with E-state index in [1.54, 1.807) is 0 Å². The third kappa shape index (κ3) is 6.64. The van der Waals surface area contributed by atoms with Crippen molar-refractivity contribution in [2.24, 2.45) is 0 Å². The fraction of sp³-hybridized carbons (Fsp3) is 0.440. The molecule has 3 N–H and O–H groups in total. The van der Waals surface area contributed by atoms with Gasteiger partial charge in [0.15, 0.2) is 6.61 Å². The number of fused-ring (bicyclic) bond motifs is 3. The third-order valence-corrected chi connectivity index (χ3v) is 7.20. The lowest BCUT2D eigenvalue weighted by Crippen LogP contribution is -2.70. The first kappa shape index (κ1) is 27.0. The van der Waals surface area contributed by atoms with Gasteiger partial charge in [0.25, 0.3) is 5.91 Å². The second kappa shape index (κ2) is 10.4. The zero-order valence-corrected chi connectivity index (χ0v) is 20.3. The van der Waals surface area contributed by atoms with E-state index in [1.807, 2.05) is 0 Å². The largest absolute Gasteiger partial charge is 0.573 e. The van der Waals surface area contributed by atoms with Crippen molar-refractivity contribution in [3.8, 4) is 11.5 Å². The van der Waals surface area contributed by atoms with Gasteiger partial charge in [0.2, 0.25) is 5.91 Å². The van der Waals surface area contributed by atoms with E-state index in [4.69, 9.17) is 16.3 Å². The van der Waals surface area contributed by atoms with Crippen molar-refractivity contribution in [1.82, 2.24) is 10.6 Å². The molecule has 0 aromatic heterocycles. The van der Waals surface area contributed by atoms with Crippen molar-refractivity contribution < 1.29 is 41.7 Å². The maximum absolute atomic E-state index is 13.5. The van der Waals surface area contributed by atoms with Gasteiger partial charge in [-0.2, -0.15) is 0 Å². The summed E-state index contributed by atoms with van der Waals surface area (Å²) in [6.45, 7) is -0.340. The van der Waals surface area contributed by atoms with E-state index >= 15 is 0 Å². The second-order valence-corrected chi connectivity index (χ2v) is 9.89. The Balaban J connectivity index is 1.28. The van der Waals surface area contributed by atoms with Crippen molar-refractivity contribution in [1.29, 1.82) is 0 Å². The molecule has 2 aromatic rings. The maximum Gasteiger partial charge on any atom is 0.573 e. The number of aliphatic hydroxyl groups is 1. The van der Waals surface area contributed by atoms with Crippen LogP contribution in [0.3, 0.4) is 0 Å². The molecule has 0 saturated heterocycles. The number of nitrogens with one attached hydrogen (secondary N) is 2. The molecule has 0 heterocycles. The summed E-state index contributed by atoms with van der Waals surface area (Å²) < 4.78 is 59.6. The van der Waals surface area contributed by atoms with E-state index in [-0.39, 0.29) is 41.9 Å². The number of amides is 2. The molecule has 3 fully saturated rings. The SMILES string of the molecule is O=C(COc1ccc(Cl)c(F)c1)NC12CCC(NC(=O)Cc3ccc(OC(F)(F)F)cc3)(CC1)[C@@H](O)C2. The molecule has 3 aliphatic carbocycles. The lowest BCUT2D eigenvalue weighted by Gasteiger charge is -2.56. The summed E-state index contributed by atoms with van der Waals surface area (Å²) in [6, 6.07) is 8.87. The van der Waals surface area contributed by atoms with Gasteiger partial charge in [-0.15, -0.1) is 13.2 Å². The monoisotopic (exact) mass is 544 g/mol. The zero-order valence-electron chi connectivity index (χ0n) is 19.5. The van der Waals surface area contributed by atoms with Gasteiger partial charge in [-0.3, -0.25) is 9.59 Å². The van der Waals surface area contributed by atoms with E-state index < -0.39 is 35.3 Å². The fourth-order valence-corrected chi connectivity index (χ4v) is 5.14. The lowest BCUT2D eigenvalue weighted by atomic mass is 9.60. The highest BCUT2D eigenvalue weighted by Crippen LogP contribution is 2.47. The van der Waals surface area contributed by atoms with Gasteiger partial charge in [0.1, 0.15) is 17.3 Å². The number of halogens is 5. The number of carbonyl (C=O) groups is 2. The molecule has 0 spiro atoms. The molecule has 3 aliphatic rings. The molecule has 2 aromatic carbocycles. The number of alkyl halides is 3. The molecule has 7 nitrogen and oxygen atoms in total. The van der Waals surface area contributed by atoms with Crippen molar-refractivity contribution in [2.75, 3.05) is 6.61 Å². The predicted molar refractivity (Wildman–Crippen MR) is 125 cm³/mol. The summed E-state index contributed by atoms with van der Waals surface area (Å²) in [5.74, 6) is -1.67. The Morgan fingerprint density at radius 2 is 1.65 bits per heavy atom. The van der Waals surface area contributed by atoms with E-state index in [0.29, 0.717) is 31.2 Å². The average Bonchev–Trinajstić information content (AvgIpc) is 2.81. The molecule has 2 amide bonds. The van der Waals surface area contributed by atoms with E-state index in [9.17, 15) is 32.3 Å². The Morgan fingerprint density at radius 3 is 2.24 bits per heavy atom. The molecule has 0 aliphatic heterocycles. The summed E-state index contributed by atoms with van der Waals surface area (Å²) in [7, 11) is 0. The Bertz CT molecular complexity index is 1150. The Morgan fingerprint density at radius 1 is 1.00 bits per heavy atom. The van der Waals surface area contributed by atoms with Gasteiger partial charge >= 0.3 is 6.36 Å². The summed E-state index contributed by atoms with van der Waals surface area (Å²) >= 11 is 5.64. The number of benzene rings is 2. The van der Waals surface area contributed by atoms with Gasteiger partial charge < -0.3 is 25.2 Å². The molecule has 0 unspecified atom stereocenters. The summed E-state index contributed by atoms with van der Waals surface area (Å²) in [5.41, 5.74) is -1.00. The van der Waals surface area contributed by atoms with Crippen molar-refractivity contribution in [2.45, 2.75) is 62.1 Å². The second-order valence-electron chi connectivity index (χ2n) is 9.49. The first-order valence-electron chi connectivity index (χ1n) is 11.6. The number of hydrogen-bond donors (Lipinski definition) is 3. The van der Waals surface area contributed by atoms with Crippen LogP contribution in [-0.4, -0.2) is 47.1 Å². The maximum atomic E-state index is 13.5. The van der Waals surface area contributed by atoms with E-state index in [1.165, 1.54) is 24.3 Å². The molecular formula is C25H25ClF4N2O5. The van der Waals surface area contributed by atoms with Crippen molar-refractivity contribution >= 4 is 23.4 Å².